The predicted octanol–water partition coefficient (Wildman–Crippen LogP) is 2.28. The number of aliphatic hydroxyl groups is 1. The number of urea groups is 1. The normalized spacial score (nSPS) is 13.4. The molecule has 0 bridgehead atoms. The van der Waals surface area contributed by atoms with Gasteiger partial charge in [-0.3, -0.25) is 0 Å². The molecular weight excluding hydrogens is 254 g/mol. The number of nitrogens with zero attached hydrogens (tertiary/aromatic N) is 1. The molecule has 1 atom stereocenters. The SMILES string of the molecule is CC(C)C(C)(O)CNC(=O)Nc1ccc(CC#N)cc1. The maximum absolute atomic E-state index is 11.7. The lowest BCUT2D eigenvalue weighted by atomic mass is 9.93. The first kappa shape index (κ1) is 16.0. The Bertz CT molecular complexity index is 487. The number of amides is 2. The molecule has 0 saturated heterocycles. The van der Waals surface area contributed by atoms with Crippen LogP contribution in [0, 0.1) is 17.2 Å². The molecule has 0 fully saturated rings. The Labute approximate surface area is 119 Å². The largest absolute Gasteiger partial charge is 0.388 e. The molecule has 5 nitrogen and oxygen atoms in total. The molecule has 0 heterocycles. The number of anilines is 1. The summed E-state index contributed by atoms with van der Waals surface area (Å²) in [5.41, 5.74) is 0.614. The van der Waals surface area contributed by atoms with Crippen molar-refractivity contribution in [2.45, 2.75) is 32.8 Å². The number of benzene rings is 1. The molecule has 0 saturated carbocycles. The first-order valence-corrected chi connectivity index (χ1v) is 6.58. The summed E-state index contributed by atoms with van der Waals surface area (Å²) in [6.45, 7) is 5.67. The van der Waals surface area contributed by atoms with Gasteiger partial charge in [-0.1, -0.05) is 26.0 Å². The van der Waals surface area contributed by atoms with E-state index < -0.39 is 5.60 Å². The smallest absolute Gasteiger partial charge is 0.319 e. The van der Waals surface area contributed by atoms with Gasteiger partial charge in [-0.15, -0.1) is 0 Å². The fraction of sp³-hybridized carbons (Fsp3) is 0.467. The number of rotatable bonds is 5. The van der Waals surface area contributed by atoms with Gasteiger partial charge in [0, 0.05) is 12.2 Å². The van der Waals surface area contributed by atoms with Crippen molar-refractivity contribution in [3.8, 4) is 6.07 Å². The second-order valence-electron chi connectivity index (χ2n) is 5.35. The quantitative estimate of drug-likeness (QED) is 0.770. The minimum absolute atomic E-state index is 0.0491. The number of hydrogen-bond acceptors (Lipinski definition) is 3. The maximum atomic E-state index is 11.7. The Morgan fingerprint density at radius 2 is 2.00 bits per heavy atom. The van der Waals surface area contributed by atoms with Crippen LogP contribution in [-0.4, -0.2) is 23.3 Å². The highest BCUT2D eigenvalue weighted by atomic mass is 16.3. The van der Waals surface area contributed by atoms with Gasteiger partial charge in [0.1, 0.15) is 0 Å². The van der Waals surface area contributed by atoms with E-state index in [1.807, 2.05) is 13.8 Å². The summed E-state index contributed by atoms with van der Waals surface area (Å²) in [7, 11) is 0. The number of nitrogens with one attached hydrogen (secondary N) is 2. The molecule has 1 aromatic carbocycles. The predicted molar refractivity (Wildman–Crippen MR) is 78.2 cm³/mol. The zero-order valence-corrected chi connectivity index (χ0v) is 12.1. The molecule has 0 aromatic heterocycles. The Morgan fingerprint density at radius 1 is 1.40 bits per heavy atom. The van der Waals surface area contributed by atoms with Gasteiger partial charge in [0.25, 0.3) is 0 Å². The van der Waals surface area contributed by atoms with E-state index in [0.29, 0.717) is 12.1 Å². The van der Waals surface area contributed by atoms with E-state index in [0.717, 1.165) is 5.56 Å². The second kappa shape index (κ2) is 6.92. The lowest BCUT2D eigenvalue weighted by molar-refractivity contribution is 0.0170. The summed E-state index contributed by atoms with van der Waals surface area (Å²) in [6, 6.07) is 8.78. The zero-order chi connectivity index (χ0) is 15.2. The molecule has 0 aliphatic rings. The maximum Gasteiger partial charge on any atom is 0.319 e. The topological polar surface area (TPSA) is 85.2 Å². The molecular formula is C15H21N3O2. The fourth-order valence-electron chi connectivity index (χ4n) is 1.44. The van der Waals surface area contributed by atoms with Crippen molar-refractivity contribution in [2.24, 2.45) is 5.92 Å². The van der Waals surface area contributed by atoms with Crippen molar-refractivity contribution in [3.05, 3.63) is 29.8 Å². The summed E-state index contributed by atoms with van der Waals surface area (Å²) in [6.07, 6.45) is 0.351. The van der Waals surface area contributed by atoms with E-state index in [1.54, 1.807) is 31.2 Å². The van der Waals surface area contributed by atoms with Crippen LogP contribution < -0.4 is 10.6 Å². The fourth-order valence-corrected chi connectivity index (χ4v) is 1.44. The van der Waals surface area contributed by atoms with E-state index in [1.165, 1.54) is 0 Å². The molecule has 1 rings (SSSR count). The second-order valence-corrected chi connectivity index (χ2v) is 5.35. The highest BCUT2D eigenvalue weighted by Crippen LogP contribution is 2.14. The minimum Gasteiger partial charge on any atom is -0.388 e. The average molecular weight is 275 g/mol. The Morgan fingerprint density at radius 3 is 2.50 bits per heavy atom. The van der Waals surface area contributed by atoms with Gasteiger partial charge in [-0.05, 0) is 30.5 Å². The van der Waals surface area contributed by atoms with Gasteiger partial charge < -0.3 is 15.7 Å². The van der Waals surface area contributed by atoms with Gasteiger partial charge in [-0.2, -0.15) is 5.26 Å². The number of hydrogen-bond donors (Lipinski definition) is 3. The first-order valence-electron chi connectivity index (χ1n) is 6.58. The molecule has 20 heavy (non-hydrogen) atoms. The summed E-state index contributed by atoms with van der Waals surface area (Å²) in [5, 5.41) is 23.9. The van der Waals surface area contributed by atoms with E-state index in [2.05, 4.69) is 16.7 Å². The van der Waals surface area contributed by atoms with Gasteiger partial charge in [-0.25, -0.2) is 4.79 Å². The van der Waals surface area contributed by atoms with Crippen LogP contribution in [0.2, 0.25) is 0 Å². The Balaban J connectivity index is 2.49. The van der Waals surface area contributed by atoms with Crippen molar-refractivity contribution >= 4 is 11.7 Å². The van der Waals surface area contributed by atoms with Crippen molar-refractivity contribution in [1.82, 2.24) is 5.32 Å². The number of carbonyl (C=O) groups excluding carboxylic acids is 1. The molecule has 3 N–H and O–H groups in total. The third-order valence-corrected chi connectivity index (χ3v) is 3.35. The summed E-state index contributed by atoms with van der Waals surface area (Å²) >= 11 is 0. The zero-order valence-electron chi connectivity index (χ0n) is 12.1. The van der Waals surface area contributed by atoms with Crippen LogP contribution in [0.4, 0.5) is 10.5 Å². The molecule has 0 aliphatic carbocycles. The van der Waals surface area contributed by atoms with Crippen molar-refractivity contribution in [1.29, 1.82) is 5.26 Å². The molecule has 2 amide bonds. The van der Waals surface area contributed by atoms with Gasteiger partial charge >= 0.3 is 6.03 Å². The highest BCUT2D eigenvalue weighted by Gasteiger charge is 2.25. The number of nitriles is 1. The van der Waals surface area contributed by atoms with Gasteiger partial charge in [0.05, 0.1) is 18.1 Å². The molecule has 0 spiro atoms. The van der Waals surface area contributed by atoms with Crippen LogP contribution in [-0.2, 0) is 6.42 Å². The summed E-state index contributed by atoms with van der Waals surface area (Å²) in [5.74, 6) is 0.0491. The lowest BCUT2D eigenvalue weighted by Gasteiger charge is -2.27. The van der Waals surface area contributed by atoms with Crippen molar-refractivity contribution in [3.63, 3.8) is 0 Å². The van der Waals surface area contributed by atoms with E-state index in [4.69, 9.17) is 5.26 Å². The highest BCUT2D eigenvalue weighted by molar-refractivity contribution is 5.89. The molecule has 0 aliphatic heterocycles. The Kier molecular flexibility index (Phi) is 5.53. The van der Waals surface area contributed by atoms with E-state index >= 15 is 0 Å². The Hall–Kier alpha value is -2.06. The van der Waals surface area contributed by atoms with Crippen molar-refractivity contribution < 1.29 is 9.90 Å². The third kappa shape index (κ3) is 4.90. The third-order valence-electron chi connectivity index (χ3n) is 3.35. The average Bonchev–Trinajstić information content (AvgIpc) is 2.39. The van der Waals surface area contributed by atoms with Gasteiger partial charge in [0.2, 0.25) is 0 Å². The van der Waals surface area contributed by atoms with Crippen LogP contribution in [0.15, 0.2) is 24.3 Å². The molecule has 0 radical (unpaired) electrons. The van der Waals surface area contributed by atoms with Crippen LogP contribution in [0.3, 0.4) is 0 Å². The van der Waals surface area contributed by atoms with Gasteiger partial charge in [0.15, 0.2) is 0 Å². The molecule has 1 aromatic rings. The number of carbonyl (C=O) groups is 1. The van der Waals surface area contributed by atoms with Crippen LogP contribution in [0.1, 0.15) is 26.3 Å². The molecule has 1 unspecified atom stereocenters. The van der Waals surface area contributed by atoms with E-state index in [9.17, 15) is 9.90 Å². The molecule has 5 heteroatoms. The van der Waals surface area contributed by atoms with E-state index in [-0.39, 0.29) is 18.5 Å². The van der Waals surface area contributed by atoms with Crippen LogP contribution in [0.25, 0.3) is 0 Å². The monoisotopic (exact) mass is 275 g/mol. The minimum atomic E-state index is -0.937. The van der Waals surface area contributed by atoms with Crippen LogP contribution in [0.5, 0.6) is 0 Å². The van der Waals surface area contributed by atoms with Crippen LogP contribution >= 0.6 is 0 Å². The first-order chi connectivity index (χ1) is 9.35. The standard InChI is InChI=1S/C15H21N3O2/c1-11(2)15(3,20)10-17-14(19)18-13-6-4-12(5-7-13)8-9-16/h4-7,11,20H,8,10H2,1-3H3,(H2,17,18,19). The molecule has 108 valence electrons. The summed E-state index contributed by atoms with van der Waals surface area (Å²) < 4.78 is 0. The van der Waals surface area contributed by atoms with Crippen molar-refractivity contribution in [2.75, 3.05) is 11.9 Å². The summed E-state index contributed by atoms with van der Waals surface area (Å²) in [4.78, 5) is 11.7. The lowest BCUT2D eigenvalue weighted by Crippen LogP contribution is -2.45.